The van der Waals surface area contributed by atoms with Crippen molar-refractivity contribution in [1.29, 1.82) is 0 Å². The number of fused-ring (bicyclic) bond motifs is 1. The summed E-state index contributed by atoms with van der Waals surface area (Å²) >= 11 is 0. The molecule has 0 amide bonds. The fourth-order valence-corrected chi connectivity index (χ4v) is 5.14. The third-order valence-corrected chi connectivity index (χ3v) is 6.63. The van der Waals surface area contributed by atoms with Gasteiger partial charge in [0.25, 0.3) is 0 Å². The SMILES string of the molecule is CC(C)C1CCC(CN)(N2CCOC3CCCCC32)CC1. The van der Waals surface area contributed by atoms with Crippen molar-refractivity contribution < 1.29 is 4.74 Å². The molecule has 0 bridgehead atoms. The van der Waals surface area contributed by atoms with Gasteiger partial charge in [-0.2, -0.15) is 0 Å². The lowest BCUT2D eigenvalue weighted by Crippen LogP contribution is -2.65. The summed E-state index contributed by atoms with van der Waals surface area (Å²) < 4.78 is 6.07. The van der Waals surface area contributed by atoms with Gasteiger partial charge in [0.2, 0.25) is 0 Å². The quantitative estimate of drug-likeness (QED) is 0.869. The van der Waals surface area contributed by atoms with E-state index in [1.54, 1.807) is 0 Å². The average molecular weight is 294 g/mol. The largest absolute Gasteiger partial charge is 0.375 e. The topological polar surface area (TPSA) is 38.5 Å². The molecule has 1 aliphatic heterocycles. The zero-order chi connectivity index (χ0) is 14.9. The van der Waals surface area contributed by atoms with Crippen LogP contribution in [0.15, 0.2) is 0 Å². The van der Waals surface area contributed by atoms with Crippen LogP contribution in [0.25, 0.3) is 0 Å². The van der Waals surface area contributed by atoms with Gasteiger partial charge in [-0.25, -0.2) is 0 Å². The van der Waals surface area contributed by atoms with Crippen molar-refractivity contribution >= 4 is 0 Å². The molecule has 0 radical (unpaired) electrons. The number of hydrogen-bond acceptors (Lipinski definition) is 3. The Balaban J connectivity index is 1.73. The highest BCUT2D eigenvalue weighted by molar-refractivity contribution is 5.02. The van der Waals surface area contributed by atoms with Crippen molar-refractivity contribution in [3.05, 3.63) is 0 Å². The van der Waals surface area contributed by atoms with Crippen molar-refractivity contribution in [2.45, 2.75) is 82.9 Å². The smallest absolute Gasteiger partial charge is 0.0731 e. The Bertz CT molecular complexity index is 334. The lowest BCUT2D eigenvalue weighted by atomic mass is 9.70. The molecule has 3 nitrogen and oxygen atoms in total. The van der Waals surface area contributed by atoms with E-state index < -0.39 is 0 Å². The minimum atomic E-state index is 0.273. The van der Waals surface area contributed by atoms with E-state index >= 15 is 0 Å². The molecule has 0 aromatic rings. The van der Waals surface area contributed by atoms with E-state index in [-0.39, 0.29) is 5.54 Å². The second kappa shape index (κ2) is 6.55. The standard InChI is InChI=1S/C18H34N2O/c1-14(2)15-7-9-18(13-19,10-8-15)20-11-12-21-17-6-4-3-5-16(17)20/h14-17H,3-13,19H2,1-2H3. The van der Waals surface area contributed by atoms with Crippen LogP contribution in [0.2, 0.25) is 0 Å². The van der Waals surface area contributed by atoms with Crippen molar-refractivity contribution in [2.75, 3.05) is 19.7 Å². The Morgan fingerprint density at radius 1 is 1.14 bits per heavy atom. The van der Waals surface area contributed by atoms with Crippen LogP contribution in [0.5, 0.6) is 0 Å². The van der Waals surface area contributed by atoms with Gasteiger partial charge in [-0.15, -0.1) is 0 Å². The molecular formula is C18H34N2O. The molecule has 1 heterocycles. The van der Waals surface area contributed by atoms with Crippen molar-refractivity contribution in [3.8, 4) is 0 Å². The molecule has 3 aliphatic rings. The predicted molar refractivity (Wildman–Crippen MR) is 87.3 cm³/mol. The van der Waals surface area contributed by atoms with Crippen molar-refractivity contribution in [2.24, 2.45) is 17.6 Å². The highest BCUT2D eigenvalue weighted by Crippen LogP contribution is 2.42. The van der Waals surface area contributed by atoms with Gasteiger partial charge in [0.1, 0.15) is 0 Å². The highest BCUT2D eigenvalue weighted by atomic mass is 16.5. The van der Waals surface area contributed by atoms with Gasteiger partial charge in [-0.1, -0.05) is 26.7 Å². The van der Waals surface area contributed by atoms with Crippen LogP contribution in [0.4, 0.5) is 0 Å². The molecule has 1 saturated heterocycles. The zero-order valence-electron chi connectivity index (χ0n) is 14.0. The van der Waals surface area contributed by atoms with E-state index in [0.29, 0.717) is 12.1 Å². The monoisotopic (exact) mass is 294 g/mol. The molecule has 2 N–H and O–H groups in total. The molecule has 0 spiro atoms. The molecule has 122 valence electrons. The van der Waals surface area contributed by atoms with E-state index in [9.17, 15) is 0 Å². The van der Waals surface area contributed by atoms with Gasteiger partial charge in [0, 0.05) is 24.7 Å². The molecule has 3 fully saturated rings. The minimum absolute atomic E-state index is 0.273. The van der Waals surface area contributed by atoms with E-state index in [1.807, 2.05) is 0 Å². The van der Waals surface area contributed by atoms with Crippen molar-refractivity contribution in [3.63, 3.8) is 0 Å². The molecule has 2 saturated carbocycles. The summed E-state index contributed by atoms with van der Waals surface area (Å²) in [6, 6.07) is 0.645. The second-order valence-corrected chi connectivity index (χ2v) is 7.96. The molecule has 3 heteroatoms. The zero-order valence-corrected chi connectivity index (χ0v) is 14.0. The number of rotatable bonds is 3. The van der Waals surface area contributed by atoms with E-state index in [0.717, 1.165) is 31.5 Å². The summed E-state index contributed by atoms with van der Waals surface area (Å²) in [5.41, 5.74) is 6.60. The van der Waals surface area contributed by atoms with E-state index in [1.165, 1.54) is 51.4 Å². The maximum Gasteiger partial charge on any atom is 0.0731 e. The molecule has 3 rings (SSSR count). The van der Waals surface area contributed by atoms with Gasteiger partial charge in [0.15, 0.2) is 0 Å². The highest BCUT2D eigenvalue weighted by Gasteiger charge is 2.46. The first kappa shape index (κ1) is 15.8. The van der Waals surface area contributed by atoms with Gasteiger partial charge >= 0.3 is 0 Å². The molecular weight excluding hydrogens is 260 g/mol. The van der Waals surface area contributed by atoms with E-state index in [2.05, 4.69) is 18.7 Å². The summed E-state index contributed by atoms with van der Waals surface area (Å²) in [6.45, 7) is 7.61. The summed E-state index contributed by atoms with van der Waals surface area (Å²) in [5, 5.41) is 0. The first-order valence-electron chi connectivity index (χ1n) is 9.25. The molecule has 2 aliphatic carbocycles. The van der Waals surface area contributed by atoms with Gasteiger partial charge < -0.3 is 10.5 Å². The summed E-state index contributed by atoms with van der Waals surface area (Å²) in [7, 11) is 0. The lowest BCUT2D eigenvalue weighted by Gasteiger charge is -2.55. The van der Waals surface area contributed by atoms with Crippen LogP contribution in [-0.2, 0) is 4.74 Å². The number of morpholine rings is 1. The number of hydrogen-bond donors (Lipinski definition) is 1. The van der Waals surface area contributed by atoms with Gasteiger partial charge in [-0.05, 0) is 50.4 Å². The van der Waals surface area contributed by atoms with Gasteiger partial charge in [0.05, 0.1) is 12.7 Å². The third-order valence-electron chi connectivity index (χ3n) is 6.63. The first-order valence-corrected chi connectivity index (χ1v) is 9.25. The number of nitrogens with zero attached hydrogens (tertiary/aromatic N) is 1. The number of ether oxygens (including phenoxy) is 1. The fraction of sp³-hybridized carbons (Fsp3) is 1.00. The Kier molecular flexibility index (Phi) is 4.92. The predicted octanol–water partition coefficient (Wildman–Crippen LogP) is 3.17. The maximum absolute atomic E-state index is 6.33. The Hall–Kier alpha value is -0.120. The molecule has 21 heavy (non-hydrogen) atoms. The Morgan fingerprint density at radius 2 is 1.86 bits per heavy atom. The molecule has 0 aromatic carbocycles. The molecule has 2 unspecified atom stereocenters. The second-order valence-electron chi connectivity index (χ2n) is 7.96. The fourth-order valence-electron chi connectivity index (χ4n) is 5.14. The van der Waals surface area contributed by atoms with Crippen LogP contribution in [0.1, 0.15) is 65.2 Å². The van der Waals surface area contributed by atoms with Crippen LogP contribution < -0.4 is 5.73 Å². The van der Waals surface area contributed by atoms with Crippen LogP contribution in [0.3, 0.4) is 0 Å². The van der Waals surface area contributed by atoms with Crippen LogP contribution in [0, 0.1) is 11.8 Å². The Labute approximate surface area is 130 Å². The number of nitrogens with two attached hydrogens (primary N) is 1. The normalized spacial score (nSPS) is 42.0. The molecule has 2 atom stereocenters. The average Bonchev–Trinajstić information content (AvgIpc) is 2.54. The third kappa shape index (κ3) is 3.02. The lowest BCUT2D eigenvalue weighted by molar-refractivity contribution is -0.134. The Morgan fingerprint density at radius 3 is 2.52 bits per heavy atom. The van der Waals surface area contributed by atoms with Gasteiger partial charge in [-0.3, -0.25) is 4.90 Å². The summed E-state index contributed by atoms with van der Waals surface area (Å²) in [5.74, 6) is 1.74. The summed E-state index contributed by atoms with van der Waals surface area (Å²) in [4.78, 5) is 2.80. The van der Waals surface area contributed by atoms with Crippen LogP contribution in [-0.4, -0.2) is 42.3 Å². The molecule has 0 aromatic heterocycles. The summed E-state index contributed by atoms with van der Waals surface area (Å²) in [6.07, 6.45) is 11.1. The first-order chi connectivity index (χ1) is 10.2. The van der Waals surface area contributed by atoms with E-state index in [4.69, 9.17) is 10.5 Å². The van der Waals surface area contributed by atoms with Crippen molar-refractivity contribution in [1.82, 2.24) is 4.90 Å². The minimum Gasteiger partial charge on any atom is -0.375 e. The van der Waals surface area contributed by atoms with Crippen LogP contribution >= 0.6 is 0 Å². The maximum atomic E-state index is 6.33.